The molecule has 0 aliphatic rings. The van der Waals surface area contributed by atoms with Crippen molar-refractivity contribution >= 4 is 39.9 Å². The molecule has 1 aromatic carbocycles. The summed E-state index contributed by atoms with van der Waals surface area (Å²) < 4.78 is 6.45. The Labute approximate surface area is 119 Å². The summed E-state index contributed by atoms with van der Waals surface area (Å²) in [6.07, 6.45) is 2.54. The van der Waals surface area contributed by atoms with Crippen molar-refractivity contribution in [2.24, 2.45) is 0 Å². The molecule has 0 aliphatic heterocycles. The van der Waals surface area contributed by atoms with E-state index in [2.05, 4.69) is 34.8 Å². The van der Waals surface area contributed by atoms with Crippen LogP contribution in [0.2, 0.25) is 5.02 Å². The molecule has 0 spiro atoms. The van der Waals surface area contributed by atoms with Crippen molar-refractivity contribution in [2.45, 2.75) is 19.4 Å². The molecule has 17 heavy (non-hydrogen) atoms. The summed E-state index contributed by atoms with van der Waals surface area (Å²) in [7, 11) is 0. The maximum Gasteiger partial charge on any atom is 0.105 e. The number of anilines is 1. The molecule has 1 atom stereocenters. The summed E-state index contributed by atoms with van der Waals surface area (Å²) in [5.41, 5.74) is 0.964. The van der Waals surface area contributed by atoms with E-state index < -0.39 is 0 Å². The van der Waals surface area contributed by atoms with Gasteiger partial charge in [0.15, 0.2) is 0 Å². The summed E-state index contributed by atoms with van der Waals surface area (Å²) in [5, 5.41) is 4.13. The molecule has 2 rings (SSSR count). The van der Waals surface area contributed by atoms with Crippen LogP contribution in [0.5, 0.6) is 0 Å². The Kier molecular flexibility index (Phi) is 4.34. The first-order chi connectivity index (χ1) is 8.15. The van der Waals surface area contributed by atoms with E-state index in [4.69, 9.17) is 16.0 Å². The molecule has 1 aromatic heterocycles. The van der Waals surface area contributed by atoms with Crippen molar-refractivity contribution < 1.29 is 4.42 Å². The zero-order valence-electron chi connectivity index (χ0n) is 9.41. The standard InChI is InChI=1S/C13H13ClINO/c1-9(7-11-3-2-6-17-11)16-13-5-4-10(15)8-12(13)14/h2-6,8-9,16H,7H2,1H3. The van der Waals surface area contributed by atoms with Gasteiger partial charge in [-0.25, -0.2) is 0 Å². The Balaban J connectivity index is 2.00. The SMILES string of the molecule is CC(Cc1ccco1)Nc1ccc(I)cc1Cl. The van der Waals surface area contributed by atoms with Crippen molar-refractivity contribution in [3.05, 3.63) is 50.9 Å². The minimum absolute atomic E-state index is 0.277. The third-order valence-electron chi connectivity index (χ3n) is 2.42. The van der Waals surface area contributed by atoms with Gasteiger partial charge in [0.1, 0.15) is 5.76 Å². The maximum absolute atomic E-state index is 6.16. The molecular formula is C13H13ClINO. The quantitative estimate of drug-likeness (QED) is 0.806. The van der Waals surface area contributed by atoms with Gasteiger partial charge in [-0.05, 0) is 59.8 Å². The van der Waals surface area contributed by atoms with E-state index in [1.807, 2.05) is 30.3 Å². The van der Waals surface area contributed by atoms with E-state index in [1.165, 1.54) is 0 Å². The average Bonchev–Trinajstić information content (AvgIpc) is 2.75. The van der Waals surface area contributed by atoms with Crippen molar-refractivity contribution in [3.63, 3.8) is 0 Å². The first-order valence-corrected chi connectivity index (χ1v) is 6.85. The normalized spacial score (nSPS) is 12.4. The van der Waals surface area contributed by atoms with E-state index >= 15 is 0 Å². The summed E-state index contributed by atoms with van der Waals surface area (Å²) >= 11 is 8.41. The van der Waals surface area contributed by atoms with E-state index in [1.54, 1.807) is 6.26 Å². The average molecular weight is 362 g/mol. The molecule has 0 amide bonds. The molecule has 4 heteroatoms. The molecule has 0 saturated heterocycles. The number of benzene rings is 1. The molecule has 0 bridgehead atoms. The van der Waals surface area contributed by atoms with Crippen LogP contribution >= 0.6 is 34.2 Å². The minimum Gasteiger partial charge on any atom is -0.469 e. The molecule has 0 fully saturated rings. The van der Waals surface area contributed by atoms with Crippen LogP contribution in [0.25, 0.3) is 0 Å². The molecule has 2 aromatic rings. The van der Waals surface area contributed by atoms with Crippen LogP contribution in [-0.2, 0) is 6.42 Å². The van der Waals surface area contributed by atoms with Crippen molar-refractivity contribution in [1.82, 2.24) is 0 Å². The molecule has 90 valence electrons. The van der Waals surface area contributed by atoms with Gasteiger partial charge in [-0.15, -0.1) is 0 Å². The lowest BCUT2D eigenvalue weighted by Crippen LogP contribution is -2.17. The Morgan fingerprint density at radius 2 is 2.24 bits per heavy atom. The first kappa shape index (κ1) is 12.8. The summed E-state index contributed by atoms with van der Waals surface area (Å²) in [5.74, 6) is 0.978. The monoisotopic (exact) mass is 361 g/mol. The van der Waals surface area contributed by atoms with Gasteiger partial charge in [-0.2, -0.15) is 0 Å². The summed E-state index contributed by atoms with van der Waals surface area (Å²) in [6.45, 7) is 2.11. The van der Waals surface area contributed by atoms with Crippen molar-refractivity contribution in [2.75, 3.05) is 5.32 Å². The molecule has 0 radical (unpaired) electrons. The molecule has 0 saturated carbocycles. The lowest BCUT2D eigenvalue weighted by molar-refractivity contribution is 0.498. The van der Waals surface area contributed by atoms with Crippen LogP contribution in [0, 0.1) is 3.57 Å². The molecule has 1 heterocycles. The van der Waals surface area contributed by atoms with Crippen LogP contribution < -0.4 is 5.32 Å². The van der Waals surface area contributed by atoms with E-state index in [-0.39, 0.29) is 6.04 Å². The predicted octanol–water partition coefficient (Wildman–Crippen LogP) is 4.58. The highest BCUT2D eigenvalue weighted by molar-refractivity contribution is 14.1. The highest BCUT2D eigenvalue weighted by atomic mass is 127. The Morgan fingerprint density at radius 3 is 2.88 bits per heavy atom. The second kappa shape index (κ2) is 5.78. The minimum atomic E-state index is 0.277. The molecule has 1 unspecified atom stereocenters. The molecule has 2 nitrogen and oxygen atoms in total. The van der Waals surface area contributed by atoms with Crippen LogP contribution in [0.1, 0.15) is 12.7 Å². The van der Waals surface area contributed by atoms with E-state index in [0.29, 0.717) is 0 Å². The molecule has 0 aliphatic carbocycles. The van der Waals surface area contributed by atoms with E-state index in [9.17, 15) is 0 Å². The van der Waals surface area contributed by atoms with Crippen LogP contribution in [0.15, 0.2) is 41.0 Å². The zero-order chi connectivity index (χ0) is 12.3. The molecule has 1 N–H and O–H groups in total. The second-order valence-corrected chi connectivity index (χ2v) is 5.61. The lowest BCUT2D eigenvalue weighted by atomic mass is 10.2. The van der Waals surface area contributed by atoms with Crippen LogP contribution in [0.4, 0.5) is 5.69 Å². The van der Waals surface area contributed by atoms with E-state index in [0.717, 1.165) is 26.5 Å². The fourth-order valence-corrected chi connectivity index (χ4v) is 2.56. The Bertz CT molecular complexity index is 484. The lowest BCUT2D eigenvalue weighted by Gasteiger charge is -2.15. The van der Waals surface area contributed by atoms with Gasteiger partial charge in [-0.1, -0.05) is 11.6 Å². The van der Waals surface area contributed by atoms with Gasteiger partial charge < -0.3 is 9.73 Å². The van der Waals surface area contributed by atoms with Gasteiger partial charge in [0.2, 0.25) is 0 Å². The van der Waals surface area contributed by atoms with Crippen molar-refractivity contribution in [1.29, 1.82) is 0 Å². The van der Waals surface area contributed by atoms with Crippen molar-refractivity contribution in [3.8, 4) is 0 Å². The topological polar surface area (TPSA) is 25.2 Å². The Morgan fingerprint density at radius 1 is 1.41 bits per heavy atom. The first-order valence-electron chi connectivity index (χ1n) is 5.39. The smallest absolute Gasteiger partial charge is 0.105 e. The number of rotatable bonds is 4. The third kappa shape index (κ3) is 3.64. The van der Waals surface area contributed by atoms with Gasteiger partial charge in [-0.3, -0.25) is 0 Å². The molecular weight excluding hydrogens is 349 g/mol. The fraction of sp³-hybridized carbons (Fsp3) is 0.231. The number of halogens is 2. The highest BCUT2D eigenvalue weighted by Crippen LogP contribution is 2.24. The van der Waals surface area contributed by atoms with Gasteiger partial charge in [0, 0.05) is 16.0 Å². The fourth-order valence-electron chi connectivity index (χ4n) is 1.65. The maximum atomic E-state index is 6.16. The zero-order valence-corrected chi connectivity index (χ0v) is 12.3. The van der Waals surface area contributed by atoms with Gasteiger partial charge >= 0.3 is 0 Å². The third-order valence-corrected chi connectivity index (χ3v) is 3.40. The highest BCUT2D eigenvalue weighted by Gasteiger charge is 2.08. The number of hydrogen-bond acceptors (Lipinski definition) is 2. The number of nitrogens with one attached hydrogen (secondary N) is 1. The predicted molar refractivity (Wildman–Crippen MR) is 79.7 cm³/mol. The summed E-state index contributed by atoms with van der Waals surface area (Å²) in [6, 6.07) is 10.1. The van der Waals surface area contributed by atoms with Crippen LogP contribution in [-0.4, -0.2) is 6.04 Å². The largest absolute Gasteiger partial charge is 0.469 e. The Hall–Kier alpha value is -0.680. The number of furan rings is 1. The van der Waals surface area contributed by atoms with Crippen LogP contribution in [0.3, 0.4) is 0 Å². The second-order valence-electron chi connectivity index (χ2n) is 3.95. The number of hydrogen-bond donors (Lipinski definition) is 1. The van der Waals surface area contributed by atoms with Gasteiger partial charge in [0.05, 0.1) is 17.0 Å². The summed E-state index contributed by atoms with van der Waals surface area (Å²) in [4.78, 5) is 0. The van der Waals surface area contributed by atoms with Gasteiger partial charge in [0.25, 0.3) is 0 Å².